The topological polar surface area (TPSA) is 26.3 Å². The maximum atomic E-state index is 11.2. The molecule has 0 spiro atoms. The fraction of sp³-hybridized carbons (Fsp3) is 0.889. The number of rotatable bonds is 0. The van der Waals surface area contributed by atoms with Gasteiger partial charge in [0.1, 0.15) is 6.10 Å². The van der Waals surface area contributed by atoms with Gasteiger partial charge in [-0.05, 0) is 24.7 Å². The summed E-state index contributed by atoms with van der Waals surface area (Å²) in [5.74, 6) is 1.38. The minimum Gasteiger partial charge on any atom is -0.462 e. The van der Waals surface area contributed by atoms with Gasteiger partial charge in [0.15, 0.2) is 0 Å². The first-order valence-corrected chi connectivity index (χ1v) is 4.39. The van der Waals surface area contributed by atoms with E-state index in [1.165, 1.54) is 0 Å². The van der Waals surface area contributed by atoms with Crippen molar-refractivity contribution >= 4 is 5.97 Å². The van der Waals surface area contributed by atoms with Crippen LogP contribution in [0.2, 0.25) is 0 Å². The molecule has 0 N–H and O–H groups in total. The minimum absolute atomic E-state index is 0.0480. The molecule has 62 valence electrons. The number of hydrogen-bond donors (Lipinski definition) is 0. The largest absolute Gasteiger partial charge is 0.462 e. The first-order chi connectivity index (χ1) is 5.18. The van der Waals surface area contributed by atoms with Gasteiger partial charge in [0.25, 0.3) is 0 Å². The van der Waals surface area contributed by atoms with Crippen molar-refractivity contribution in [3.63, 3.8) is 0 Å². The van der Waals surface area contributed by atoms with Gasteiger partial charge in [-0.1, -0.05) is 13.8 Å². The van der Waals surface area contributed by atoms with Crippen molar-refractivity contribution in [2.24, 2.45) is 17.8 Å². The van der Waals surface area contributed by atoms with Gasteiger partial charge >= 0.3 is 5.97 Å². The molecule has 1 saturated heterocycles. The van der Waals surface area contributed by atoms with Crippen LogP contribution in [0.3, 0.4) is 0 Å². The molecule has 2 rings (SSSR count). The van der Waals surface area contributed by atoms with Crippen LogP contribution in [0.15, 0.2) is 0 Å². The van der Waals surface area contributed by atoms with Crippen LogP contribution in [-0.2, 0) is 9.53 Å². The SMILES string of the molecule is C[C@@H]1C[C@H](C)C2C[C@H]1OC2=O. The van der Waals surface area contributed by atoms with Crippen molar-refractivity contribution < 1.29 is 9.53 Å². The Morgan fingerprint density at radius 1 is 1.27 bits per heavy atom. The van der Waals surface area contributed by atoms with Crippen molar-refractivity contribution in [2.45, 2.75) is 32.8 Å². The van der Waals surface area contributed by atoms with E-state index in [2.05, 4.69) is 13.8 Å². The van der Waals surface area contributed by atoms with Gasteiger partial charge in [-0.15, -0.1) is 0 Å². The summed E-state index contributed by atoms with van der Waals surface area (Å²) in [6, 6.07) is 0. The summed E-state index contributed by atoms with van der Waals surface area (Å²) in [4.78, 5) is 11.2. The van der Waals surface area contributed by atoms with Crippen LogP contribution in [0.4, 0.5) is 0 Å². The molecule has 1 aliphatic carbocycles. The normalized spacial score (nSPS) is 49.1. The van der Waals surface area contributed by atoms with Crippen LogP contribution in [0, 0.1) is 17.8 Å². The average molecular weight is 154 g/mol. The second kappa shape index (κ2) is 2.23. The summed E-state index contributed by atoms with van der Waals surface area (Å²) >= 11 is 0. The van der Waals surface area contributed by atoms with E-state index < -0.39 is 0 Å². The summed E-state index contributed by atoms with van der Waals surface area (Å²) in [5.41, 5.74) is 0. The zero-order valence-electron chi connectivity index (χ0n) is 7.04. The zero-order chi connectivity index (χ0) is 8.01. The molecule has 0 aromatic carbocycles. The molecule has 0 radical (unpaired) electrons. The summed E-state index contributed by atoms with van der Waals surface area (Å²) < 4.78 is 5.23. The smallest absolute Gasteiger partial charge is 0.309 e. The number of carbonyl (C=O) groups excluding carboxylic acids is 1. The van der Waals surface area contributed by atoms with Gasteiger partial charge in [0, 0.05) is 0 Å². The predicted molar refractivity (Wildman–Crippen MR) is 40.9 cm³/mol. The highest BCUT2D eigenvalue weighted by Crippen LogP contribution is 2.41. The molecule has 2 bridgehead atoms. The summed E-state index contributed by atoms with van der Waals surface area (Å²) in [5, 5.41) is 0. The van der Waals surface area contributed by atoms with E-state index in [4.69, 9.17) is 4.74 Å². The average Bonchev–Trinajstić information content (AvgIpc) is 2.26. The molecule has 1 aliphatic heterocycles. The maximum Gasteiger partial charge on any atom is 0.309 e. The maximum absolute atomic E-state index is 11.2. The fourth-order valence-electron chi connectivity index (χ4n) is 2.35. The van der Waals surface area contributed by atoms with E-state index in [0.29, 0.717) is 11.8 Å². The third-order valence-corrected chi connectivity index (χ3v) is 3.12. The Bertz CT molecular complexity index is 188. The molecular formula is C9H14O2. The predicted octanol–water partition coefficient (Wildman–Crippen LogP) is 1.59. The summed E-state index contributed by atoms with van der Waals surface area (Å²) in [6.07, 6.45) is 2.37. The molecule has 0 amide bonds. The lowest BCUT2D eigenvalue weighted by Crippen LogP contribution is -2.26. The third-order valence-electron chi connectivity index (χ3n) is 3.12. The van der Waals surface area contributed by atoms with E-state index in [-0.39, 0.29) is 18.0 Å². The fourth-order valence-corrected chi connectivity index (χ4v) is 2.35. The quantitative estimate of drug-likeness (QED) is 0.495. The molecule has 1 unspecified atom stereocenters. The molecule has 2 heteroatoms. The lowest BCUT2D eigenvalue weighted by atomic mass is 9.76. The van der Waals surface area contributed by atoms with E-state index in [1.54, 1.807) is 0 Å². The Morgan fingerprint density at radius 3 is 2.73 bits per heavy atom. The third kappa shape index (κ3) is 0.959. The van der Waals surface area contributed by atoms with Crippen molar-refractivity contribution in [1.29, 1.82) is 0 Å². The van der Waals surface area contributed by atoms with Crippen molar-refractivity contribution in [3.8, 4) is 0 Å². The molecule has 4 atom stereocenters. The molecule has 1 saturated carbocycles. The molecule has 1 heterocycles. The second-order valence-corrected chi connectivity index (χ2v) is 4.01. The molecule has 2 fully saturated rings. The summed E-state index contributed by atoms with van der Waals surface area (Å²) in [6.45, 7) is 4.33. The van der Waals surface area contributed by atoms with Crippen LogP contribution in [0.5, 0.6) is 0 Å². The van der Waals surface area contributed by atoms with Crippen molar-refractivity contribution in [3.05, 3.63) is 0 Å². The lowest BCUT2D eigenvalue weighted by molar-refractivity contribution is -0.144. The first-order valence-electron chi connectivity index (χ1n) is 4.39. The Hall–Kier alpha value is -0.530. The number of esters is 1. The number of carbonyl (C=O) groups is 1. The standard InChI is InChI=1S/C9H14O2/c1-5-3-6(2)8-4-7(5)9(10)11-8/h5-8H,3-4H2,1-2H3/t5-,6+,7?,8+/m0/s1. The Kier molecular flexibility index (Phi) is 1.44. The van der Waals surface area contributed by atoms with Gasteiger partial charge in [-0.2, -0.15) is 0 Å². The Labute approximate surface area is 66.9 Å². The molecule has 2 nitrogen and oxygen atoms in total. The van der Waals surface area contributed by atoms with Gasteiger partial charge in [-0.3, -0.25) is 4.79 Å². The van der Waals surface area contributed by atoms with Crippen LogP contribution in [-0.4, -0.2) is 12.1 Å². The molecule has 2 aliphatic rings. The highest BCUT2D eigenvalue weighted by molar-refractivity contribution is 5.75. The summed E-state index contributed by atoms with van der Waals surface area (Å²) in [7, 11) is 0. The zero-order valence-corrected chi connectivity index (χ0v) is 7.04. The van der Waals surface area contributed by atoms with Crippen molar-refractivity contribution in [1.82, 2.24) is 0 Å². The number of ether oxygens (including phenoxy) is 1. The van der Waals surface area contributed by atoms with Gasteiger partial charge < -0.3 is 4.74 Å². The Balaban J connectivity index is 2.20. The monoisotopic (exact) mass is 154 g/mol. The van der Waals surface area contributed by atoms with Crippen LogP contribution < -0.4 is 0 Å². The van der Waals surface area contributed by atoms with Gasteiger partial charge in [0.2, 0.25) is 0 Å². The highest BCUT2D eigenvalue weighted by atomic mass is 16.6. The van der Waals surface area contributed by atoms with E-state index in [9.17, 15) is 4.79 Å². The Morgan fingerprint density at radius 2 is 2.00 bits per heavy atom. The van der Waals surface area contributed by atoms with Gasteiger partial charge in [-0.25, -0.2) is 0 Å². The first kappa shape index (κ1) is 7.14. The van der Waals surface area contributed by atoms with E-state index >= 15 is 0 Å². The molecule has 0 aromatic rings. The highest BCUT2D eigenvalue weighted by Gasteiger charge is 2.45. The van der Waals surface area contributed by atoms with Crippen LogP contribution in [0.1, 0.15) is 26.7 Å². The molecule has 0 aromatic heterocycles. The lowest BCUT2D eigenvalue weighted by Gasteiger charge is -2.26. The number of fused-ring (bicyclic) bond motifs is 2. The number of hydrogen-bond acceptors (Lipinski definition) is 2. The van der Waals surface area contributed by atoms with E-state index in [1.807, 2.05) is 0 Å². The minimum atomic E-state index is 0.0480. The van der Waals surface area contributed by atoms with Crippen LogP contribution in [0.25, 0.3) is 0 Å². The van der Waals surface area contributed by atoms with Crippen molar-refractivity contribution in [2.75, 3.05) is 0 Å². The van der Waals surface area contributed by atoms with E-state index in [0.717, 1.165) is 12.8 Å². The van der Waals surface area contributed by atoms with Crippen LogP contribution >= 0.6 is 0 Å². The second-order valence-electron chi connectivity index (χ2n) is 4.01. The molecular weight excluding hydrogens is 140 g/mol. The van der Waals surface area contributed by atoms with Gasteiger partial charge in [0.05, 0.1) is 5.92 Å². The molecule has 11 heavy (non-hydrogen) atoms.